The Hall–Kier alpha value is -2.44. The molecule has 0 radical (unpaired) electrons. The summed E-state index contributed by atoms with van der Waals surface area (Å²) in [4.78, 5) is 24.2. The van der Waals surface area contributed by atoms with Crippen LogP contribution in [-0.4, -0.2) is 38.6 Å². The molecule has 0 saturated heterocycles. The normalized spacial score (nSPS) is 10.3. The summed E-state index contributed by atoms with van der Waals surface area (Å²) in [6.45, 7) is 3.01. The fourth-order valence-corrected chi connectivity index (χ4v) is 3.03. The van der Waals surface area contributed by atoms with Crippen molar-refractivity contribution in [2.75, 3.05) is 26.8 Å². The smallest absolute Gasteiger partial charge is 0.256 e. The van der Waals surface area contributed by atoms with E-state index in [0.29, 0.717) is 31.0 Å². The Bertz CT molecular complexity index is 841. The maximum Gasteiger partial charge on any atom is 0.256 e. The van der Waals surface area contributed by atoms with Crippen molar-refractivity contribution in [1.29, 1.82) is 0 Å². The molecule has 2 rings (SSSR count). The number of nitrogens with one attached hydrogen (secondary N) is 2. The molecule has 0 aliphatic heterocycles. The van der Waals surface area contributed by atoms with Gasteiger partial charge < -0.3 is 20.1 Å². The van der Waals surface area contributed by atoms with Crippen molar-refractivity contribution in [3.8, 4) is 11.5 Å². The number of hydrogen-bond acceptors (Lipinski definition) is 4. The second-order valence-corrected chi connectivity index (χ2v) is 7.12. The van der Waals surface area contributed by atoms with Crippen molar-refractivity contribution in [2.45, 2.75) is 19.8 Å². The van der Waals surface area contributed by atoms with Gasteiger partial charge >= 0.3 is 0 Å². The van der Waals surface area contributed by atoms with Crippen LogP contribution < -0.4 is 20.1 Å². The van der Waals surface area contributed by atoms with Gasteiger partial charge in [-0.25, -0.2) is 0 Å². The van der Waals surface area contributed by atoms with E-state index in [4.69, 9.17) is 32.7 Å². The standard InChI is InChI=1S/C21H24Cl2N2O4/c1-14-5-7-15(8-6-14)29-13-3-4-18(26)24-11-12-25-21(27)19-16(22)9-10-17(23)20(19)28-2/h5-10H,3-4,11-13H2,1-2H3,(H,24,26)(H,25,27). The van der Waals surface area contributed by atoms with Gasteiger partial charge in [0.2, 0.25) is 5.91 Å². The third-order valence-corrected chi connectivity index (χ3v) is 4.67. The van der Waals surface area contributed by atoms with Crippen LogP contribution in [0.1, 0.15) is 28.8 Å². The summed E-state index contributed by atoms with van der Waals surface area (Å²) in [7, 11) is 1.41. The third kappa shape index (κ3) is 7.15. The molecule has 6 nitrogen and oxygen atoms in total. The summed E-state index contributed by atoms with van der Waals surface area (Å²) in [6.07, 6.45) is 0.940. The lowest BCUT2D eigenvalue weighted by Crippen LogP contribution is -2.35. The van der Waals surface area contributed by atoms with Crippen LogP contribution in [0.4, 0.5) is 0 Å². The van der Waals surface area contributed by atoms with Gasteiger partial charge in [0.1, 0.15) is 11.3 Å². The van der Waals surface area contributed by atoms with E-state index in [0.717, 1.165) is 5.75 Å². The third-order valence-electron chi connectivity index (χ3n) is 4.06. The Labute approximate surface area is 180 Å². The van der Waals surface area contributed by atoms with E-state index < -0.39 is 5.91 Å². The van der Waals surface area contributed by atoms with Gasteiger partial charge in [-0.2, -0.15) is 0 Å². The molecule has 0 aromatic heterocycles. The number of hydrogen-bond donors (Lipinski definition) is 2. The molecule has 2 aromatic carbocycles. The molecule has 0 spiro atoms. The first-order chi connectivity index (χ1) is 13.9. The summed E-state index contributed by atoms with van der Waals surface area (Å²) >= 11 is 12.1. The van der Waals surface area contributed by atoms with Gasteiger partial charge in [0, 0.05) is 19.5 Å². The first-order valence-corrected chi connectivity index (χ1v) is 9.94. The van der Waals surface area contributed by atoms with Crippen LogP contribution in [-0.2, 0) is 4.79 Å². The molecule has 0 atom stereocenters. The Kier molecular flexibility index (Phi) is 9.09. The van der Waals surface area contributed by atoms with Crippen molar-refractivity contribution < 1.29 is 19.1 Å². The minimum Gasteiger partial charge on any atom is -0.494 e. The lowest BCUT2D eigenvalue weighted by atomic mass is 10.2. The van der Waals surface area contributed by atoms with E-state index in [1.165, 1.54) is 18.7 Å². The number of ether oxygens (including phenoxy) is 2. The SMILES string of the molecule is COc1c(Cl)ccc(Cl)c1C(=O)NCCNC(=O)CCCOc1ccc(C)cc1. The second kappa shape index (κ2) is 11.5. The average molecular weight is 439 g/mol. The zero-order chi connectivity index (χ0) is 21.2. The molecule has 2 aromatic rings. The molecule has 29 heavy (non-hydrogen) atoms. The van der Waals surface area contributed by atoms with E-state index in [1.807, 2.05) is 31.2 Å². The number of halogens is 2. The van der Waals surface area contributed by atoms with Gasteiger partial charge in [-0.1, -0.05) is 40.9 Å². The summed E-state index contributed by atoms with van der Waals surface area (Å²) in [6, 6.07) is 10.8. The van der Waals surface area contributed by atoms with Crippen LogP contribution >= 0.6 is 23.2 Å². The first-order valence-electron chi connectivity index (χ1n) is 9.18. The fraction of sp³-hybridized carbons (Fsp3) is 0.333. The van der Waals surface area contributed by atoms with Crippen LogP contribution in [0.15, 0.2) is 36.4 Å². The monoisotopic (exact) mass is 438 g/mol. The molecule has 0 bridgehead atoms. The first kappa shape index (κ1) is 22.8. The molecular formula is C21H24Cl2N2O4. The van der Waals surface area contributed by atoms with Crippen LogP contribution in [0.25, 0.3) is 0 Å². The summed E-state index contributed by atoms with van der Waals surface area (Å²) < 4.78 is 10.7. The highest BCUT2D eigenvalue weighted by Gasteiger charge is 2.19. The lowest BCUT2D eigenvalue weighted by Gasteiger charge is -2.12. The number of carbonyl (C=O) groups excluding carboxylic acids is 2. The van der Waals surface area contributed by atoms with Gasteiger partial charge in [0.05, 0.1) is 23.8 Å². The van der Waals surface area contributed by atoms with Crippen molar-refractivity contribution in [3.63, 3.8) is 0 Å². The van der Waals surface area contributed by atoms with E-state index in [2.05, 4.69) is 10.6 Å². The Morgan fingerprint density at radius 1 is 0.966 bits per heavy atom. The van der Waals surface area contributed by atoms with Gasteiger partial charge in [-0.05, 0) is 37.6 Å². The minimum absolute atomic E-state index is 0.106. The molecule has 0 heterocycles. The Morgan fingerprint density at radius 3 is 2.31 bits per heavy atom. The molecule has 156 valence electrons. The number of benzene rings is 2. The minimum atomic E-state index is -0.421. The highest BCUT2D eigenvalue weighted by Crippen LogP contribution is 2.33. The van der Waals surface area contributed by atoms with Crippen LogP contribution in [0.3, 0.4) is 0 Å². The van der Waals surface area contributed by atoms with Crippen LogP contribution in [0.5, 0.6) is 11.5 Å². The van der Waals surface area contributed by atoms with Crippen molar-refractivity contribution >= 4 is 35.0 Å². The molecule has 2 amide bonds. The number of carbonyl (C=O) groups is 2. The fourth-order valence-electron chi connectivity index (χ4n) is 2.56. The molecule has 0 saturated carbocycles. The summed E-state index contributed by atoms with van der Waals surface area (Å²) in [5, 5.41) is 5.97. The topological polar surface area (TPSA) is 76.7 Å². The maximum absolute atomic E-state index is 12.3. The molecular weight excluding hydrogens is 415 g/mol. The molecule has 8 heteroatoms. The number of methoxy groups -OCH3 is 1. The zero-order valence-corrected chi connectivity index (χ0v) is 17.9. The van der Waals surface area contributed by atoms with E-state index in [9.17, 15) is 9.59 Å². The van der Waals surface area contributed by atoms with Gasteiger partial charge in [0.25, 0.3) is 5.91 Å². The number of rotatable bonds is 10. The van der Waals surface area contributed by atoms with Crippen molar-refractivity contribution in [1.82, 2.24) is 10.6 Å². The van der Waals surface area contributed by atoms with Crippen LogP contribution in [0, 0.1) is 6.92 Å². The number of aryl methyl sites for hydroxylation is 1. The van der Waals surface area contributed by atoms with E-state index >= 15 is 0 Å². The molecule has 0 unspecified atom stereocenters. The van der Waals surface area contributed by atoms with E-state index in [-0.39, 0.29) is 28.8 Å². The van der Waals surface area contributed by atoms with Crippen molar-refractivity contribution in [3.05, 3.63) is 57.6 Å². The van der Waals surface area contributed by atoms with Crippen molar-refractivity contribution in [2.24, 2.45) is 0 Å². The van der Waals surface area contributed by atoms with Gasteiger partial charge in [0.15, 0.2) is 5.75 Å². The quantitative estimate of drug-likeness (QED) is 0.549. The lowest BCUT2D eigenvalue weighted by molar-refractivity contribution is -0.121. The molecule has 0 fully saturated rings. The molecule has 0 aliphatic carbocycles. The zero-order valence-electron chi connectivity index (χ0n) is 16.4. The second-order valence-electron chi connectivity index (χ2n) is 6.31. The predicted octanol–water partition coefficient (Wildman–Crippen LogP) is 4.02. The number of amides is 2. The van der Waals surface area contributed by atoms with Gasteiger partial charge in [-0.15, -0.1) is 0 Å². The largest absolute Gasteiger partial charge is 0.494 e. The predicted molar refractivity (Wildman–Crippen MR) is 114 cm³/mol. The Morgan fingerprint density at radius 2 is 1.62 bits per heavy atom. The van der Waals surface area contributed by atoms with E-state index in [1.54, 1.807) is 6.07 Å². The summed E-state index contributed by atoms with van der Waals surface area (Å²) in [5.41, 5.74) is 1.33. The highest BCUT2D eigenvalue weighted by atomic mass is 35.5. The average Bonchev–Trinajstić information content (AvgIpc) is 2.71. The maximum atomic E-state index is 12.3. The highest BCUT2D eigenvalue weighted by molar-refractivity contribution is 6.37. The van der Waals surface area contributed by atoms with Crippen LogP contribution in [0.2, 0.25) is 10.0 Å². The molecule has 0 aliphatic rings. The Balaban J connectivity index is 1.66. The summed E-state index contributed by atoms with van der Waals surface area (Å²) in [5.74, 6) is 0.475. The van der Waals surface area contributed by atoms with Gasteiger partial charge in [-0.3, -0.25) is 9.59 Å². The molecule has 2 N–H and O–H groups in total.